The minimum Gasteiger partial charge on any atom is -0.0955 e. The highest BCUT2D eigenvalue weighted by Gasteiger charge is 2.02. The first-order valence-electron chi connectivity index (χ1n) is 7.16. The van der Waals surface area contributed by atoms with Crippen LogP contribution in [0, 0.1) is 0 Å². The highest BCUT2D eigenvalue weighted by atomic mass is 14.1. The summed E-state index contributed by atoms with van der Waals surface area (Å²) in [6.45, 7) is 6.01. The zero-order valence-electron chi connectivity index (χ0n) is 12.2. The second-order valence-electron chi connectivity index (χ2n) is 5.30. The van der Waals surface area contributed by atoms with E-state index in [0.717, 1.165) is 5.57 Å². The van der Waals surface area contributed by atoms with E-state index in [4.69, 9.17) is 0 Å². The number of benzene rings is 3. The Labute approximate surface area is 126 Å². The van der Waals surface area contributed by atoms with Gasteiger partial charge in [-0.1, -0.05) is 84.9 Å². The van der Waals surface area contributed by atoms with Crippen LogP contribution >= 0.6 is 0 Å². The van der Waals surface area contributed by atoms with Crippen molar-refractivity contribution in [2.75, 3.05) is 0 Å². The third-order valence-electron chi connectivity index (χ3n) is 3.68. The third kappa shape index (κ3) is 2.95. The average Bonchev–Trinajstić information content (AvgIpc) is 2.56. The van der Waals surface area contributed by atoms with Crippen LogP contribution in [0.5, 0.6) is 0 Å². The predicted molar refractivity (Wildman–Crippen MR) is 92.0 cm³/mol. The molecule has 0 saturated heterocycles. The van der Waals surface area contributed by atoms with Gasteiger partial charge in [0.05, 0.1) is 0 Å². The summed E-state index contributed by atoms with van der Waals surface area (Å²) >= 11 is 0. The van der Waals surface area contributed by atoms with Crippen LogP contribution < -0.4 is 0 Å². The molecule has 0 heteroatoms. The van der Waals surface area contributed by atoms with Crippen molar-refractivity contribution in [1.29, 1.82) is 0 Å². The van der Waals surface area contributed by atoms with Crippen LogP contribution in [-0.4, -0.2) is 0 Å². The highest BCUT2D eigenvalue weighted by molar-refractivity contribution is 5.74. The second-order valence-corrected chi connectivity index (χ2v) is 5.30. The van der Waals surface area contributed by atoms with E-state index in [2.05, 4.69) is 79.4 Å². The van der Waals surface area contributed by atoms with E-state index in [1.807, 2.05) is 13.0 Å². The molecule has 0 aliphatic heterocycles. The molecule has 0 atom stereocenters. The molecule has 0 saturated carbocycles. The van der Waals surface area contributed by atoms with Gasteiger partial charge >= 0.3 is 0 Å². The molecule has 0 N–H and O–H groups in total. The lowest BCUT2D eigenvalue weighted by Gasteiger charge is -2.07. The zero-order chi connectivity index (χ0) is 14.7. The first-order valence-corrected chi connectivity index (χ1v) is 7.16. The Morgan fingerprint density at radius 2 is 1.14 bits per heavy atom. The Balaban J connectivity index is 1.98. The van der Waals surface area contributed by atoms with Crippen molar-refractivity contribution < 1.29 is 0 Å². The van der Waals surface area contributed by atoms with Crippen LogP contribution in [0.2, 0.25) is 0 Å². The Morgan fingerprint density at radius 3 is 1.71 bits per heavy atom. The largest absolute Gasteiger partial charge is 0.0955 e. The number of rotatable bonds is 3. The summed E-state index contributed by atoms with van der Waals surface area (Å²) in [6.07, 6.45) is 0. The fourth-order valence-corrected chi connectivity index (χ4v) is 2.46. The molecule has 0 spiro atoms. The molecule has 0 bridgehead atoms. The van der Waals surface area contributed by atoms with Gasteiger partial charge < -0.3 is 0 Å². The lowest BCUT2D eigenvalue weighted by molar-refractivity contribution is 1.55. The molecule has 0 nitrogen and oxygen atoms in total. The molecule has 102 valence electrons. The van der Waals surface area contributed by atoms with Crippen molar-refractivity contribution >= 4 is 5.57 Å². The third-order valence-corrected chi connectivity index (χ3v) is 3.68. The summed E-state index contributed by atoms with van der Waals surface area (Å²) in [5.74, 6) is 0. The Hall–Kier alpha value is -2.60. The highest BCUT2D eigenvalue weighted by Crippen LogP contribution is 2.27. The quantitative estimate of drug-likeness (QED) is 0.543. The van der Waals surface area contributed by atoms with Crippen molar-refractivity contribution in [1.82, 2.24) is 0 Å². The van der Waals surface area contributed by atoms with E-state index in [-0.39, 0.29) is 0 Å². The Kier molecular flexibility index (Phi) is 3.70. The van der Waals surface area contributed by atoms with Crippen molar-refractivity contribution in [3.63, 3.8) is 0 Å². The molecule has 0 aromatic heterocycles. The van der Waals surface area contributed by atoms with Gasteiger partial charge in [-0.05, 0) is 40.8 Å². The molecule has 0 unspecified atom stereocenters. The topological polar surface area (TPSA) is 0 Å². The number of hydrogen-bond donors (Lipinski definition) is 0. The van der Waals surface area contributed by atoms with Gasteiger partial charge in [-0.2, -0.15) is 0 Å². The summed E-state index contributed by atoms with van der Waals surface area (Å²) in [4.78, 5) is 0. The summed E-state index contributed by atoms with van der Waals surface area (Å²) in [6, 6.07) is 27.7. The van der Waals surface area contributed by atoms with Gasteiger partial charge in [0, 0.05) is 0 Å². The number of allylic oxidation sites excluding steroid dienone is 1. The van der Waals surface area contributed by atoms with Crippen LogP contribution in [0.1, 0.15) is 12.5 Å². The van der Waals surface area contributed by atoms with Crippen LogP contribution in [0.15, 0.2) is 85.4 Å². The van der Waals surface area contributed by atoms with E-state index in [0.29, 0.717) is 0 Å². The van der Waals surface area contributed by atoms with Gasteiger partial charge in [0.2, 0.25) is 0 Å². The molecule has 0 aliphatic rings. The van der Waals surface area contributed by atoms with Gasteiger partial charge in [0.25, 0.3) is 0 Å². The maximum atomic E-state index is 3.98. The van der Waals surface area contributed by atoms with Crippen molar-refractivity contribution in [3.05, 3.63) is 91.0 Å². The minimum absolute atomic E-state index is 1.10. The van der Waals surface area contributed by atoms with Crippen molar-refractivity contribution in [2.24, 2.45) is 0 Å². The summed E-state index contributed by atoms with van der Waals surface area (Å²) in [7, 11) is 0. The van der Waals surface area contributed by atoms with Crippen molar-refractivity contribution in [3.8, 4) is 22.3 Å². The second kappa shape index (κ2) is 5.80. The first kappa shape index (κ1) is 13.4. The van der Waals surface area contributed by atoms with Gasteiger partial charge in [0.1, 0.15) is 0 Å². The van der Waals surface area contributed by atoms with Crippen LogP contribution in [0.4, 0.5) is 0 Å². The monoisotopic (exact) mass is 270 g/mol. The lowest BCUT2D eigenvalue weighted by Crippen LogP contribution is -1.83. The SMILES string of the molecule is C=C(C)c1ccc(-c2cccc(-c3ccccc3)c2)cc1. The van der Waals surface area contributed by atoms with Gasteiger partial charge in [-0.25, -0.2) is 0 Å². The molecule has 3 aromatic carbocycles. The maximum Gasteiger partial charge on any atom is -0.0178 e. The molecule has 0 amide bonds. The lowest BCUT2D eigenvalue weighted by atomic mass is 9.98. The summed E-state index contributed by atoms with van der Waals surface area (Å²) in [5.41, 5.74) is 7.26. The van der Waals surface area contributed by atoms with Crippen LogP contribution in [-0.2, 0) is 0 Å². The molecular weight excluding hydrogens is 252 g/mol. The normalized spacial score (nSPS) is 10.3. The molecular formula is C21H18. The minimum atomic E-state index is 1.10. The molecule has 0 fully saturated rings. The standard InChI is InChI=1S/C21H18/c1-16(2)17-11-13-19(14-12-17)21-10-6-9-20(15-21)18-7-4-3-5-8-18/h3-15H,1H2,2H3. The number of hydrogen-bond acceptors (Lipinski definition) is 0. The molecule has 3 aromatic rings. The van der Waals surface area contributed by atoms with E-state index in [1.54, 1.807) is 0 Å². The van der Waals surface area contributed by atoms with E-state index in [9.17, 15) is 0 Å². The smallest absolute Gasteiger partial charge is 0.0178 e. The van der Waals surface area contributed by atoms with Gasteiger partial charge in [0.15, 0.2) is 0 Å². The molecule has 0 aliphatic carbocycles. The predicted octanol–water partition coefficient (Wildman–Crippen LogP) is 6.05. The van der Waals surface area contributed by atoms with Gasteiger partial charge in [-0.3, -0.25) is 0 Å². The van der Waals surface area contributed by atoms with Crippen LogP contribution in [0.25, 0.3) is 27.8 Å². The zero-order valence-corrected chi connectivity index (χ0v) is 12.2. The fourth-order valence-electron chi connectivity index (χ4n) is 2.46. The summed E-state index contributed by atoms with van der Waals surface area (Å²) in [5, 5.41) is 0. The molecule has 3 rings (SSSR count). The summed E-state index contributed by atoms with van der Waals surface area (Å²) < 4.78 is 0. The van der Waals surface area contributed by atoms with E-state index >= 15 is 0 Å². The average molecular weight is 270 g/mol. The van der Waals surface area contributed by atoms with Crippen LogP contribution in [0.3, 0.4) is 0 Å². The first-order chi connectivity index (χ1) is 10.2. The maximum absolute atomic E-state index is 3.98. The fraction of sp³-hybridized carbons (Fsp3) is 0.0476. The molecule has 21 heavy (non-hydrogen) atoms. The molecule has 0 radical (unpaired) electrons. The van der Waals surface area contributed by atoms with Crippen molar-refractivity contribution in [2.45, 2.75) is 6.92 Å². The molecule has 0 heterocycles. The van der Waals surface area contributed by atoms with E-state index in [1.165, 1.54) is 27.8 Å². The van der Waals surface area contributed by atoms with Gasteiger partial charge in [-0.15, -0.1) is 0 Å². The van der Waals surface area contributed by atoms with E-state index < -0.39 is 0 Å². The Morgan fingerprint density at radius 1 is 0.619 bits per heavy atom. The Bertz CT molecular complexity index is 750.